The average Bonchev–Trinajstić information content (AvgIpc) is 2.48. The Morgan fingerprint density at radius 3 is 1.91 bits per heavy atom. The quantitative estimate of drug-likeness (QED) is 0.637. The van der Waals surface area contributed by atoms with Crippen LogP contribution >= 0.6 is 0 Å². The molecule has 2 N–H and O–H groups in total. The van der Waals surface area contributed by atoms with Gasteiger partial charge in [-0.2, -0.15) is 0 Å². The summed E-state index contributed by atoms with van der Waals surface area (Å²) in [5.41, 5.74) is -2.47. The van der Waals surface area contributed by atoms with Gasteiger partial charge in [0.2, 0.25) is 0 Å². The van der Waals surface area contributed by atoms with E-state index in [1.807, 2.05) is 0 Å². The predicted molar refractivity (Wildman–Crippen MR) is 76.4 cm³/mol. The molecule has 0 unspecified atom stereocenters. The van der Waals surface area contributed by atoms with Crippen molar-refractivity contribution < 1.29 is 24.1 Å². The van der Waals surface area contributed by atoms with Crippen molar-refractivity contribution in [2.75, 3.05) is 5.32 Å². The first kappa shape index (κ1) is 15.8. The van der Waals surface area contributed by atoms with Gasteiger partial charge in [-0.1, -0.05) is 0 Å². The first-order chi connectivity index (χ1) is 10.8. The number of aromatic carboxylic acids is 1. The van der Waals surface area contributed by atoms with Crippen LogP contribution < -0.4 is 5.32 Å². The Hall–Kier alpha value is -3.56. The first-order valence-corrected chi connectivity index (χ1v) is 6.02. The average molecular weight is 321 g/mol. The van der Waals surface area contributed by atoms with Crippen molar-refractivity contribution in [1.29, 1.82) is 0 Å². The van der Waals surface area contributed by atoms with Gasteiger partial charge in [0.25, 0.3) is 0 Å². The molecular formula is C13H8FN3O6. The Morgan fingerprint density at radius 1 is 1.04 bits per heavy atom. The summed E-state index contributed by atoms with van der Waals surface area (Å²) in [4.78, 5) is 31.3. The summed E-state index contributed by atoms with van der Waals surface area (Å²) in [5.74, 6) is -2.09. The van der Waals surface area contributed by atoms with E-state index >= 15 is 0 Å². The minimum Gasteiger partial charge on any atom is -0.478 e. The fraction of sp³-hybridized carbons (Fsp3) is 0. The van der Waals surface area contributed by atoms with E-state index < -0.39 is 44.3 Å². The number of nitro groups is 2. The lowest BCUT2D eigenvalue weighted by Crippen LogP contribution is -2.05. The molecular weight excluding hydrogens is 313 g/mol. The molecule has 2 aromatic rings. The molecule has 118 valence electrons. The SMILES string of the molecule is O=C(O)c1cc([N+](=O)[O-])c(Nc2ccc(F)cc2)c([N+](=O)[O-])c1. The maximum atomic E-state index is 12.9. The van der Waals surface area contributed by atoms with E-state index in [9.17, 15) is 29.4 Å². The summed E-state index contributed by atoms with van der Waals surface area (Å²) in [7, 11) is 0. The summed E-state index contributed by atoms with van der Waals surface area (Å²) in [6.07, 6.45) is 0. The van der Waals surface area contributed by atoms with E-state index in [1.165, 1.54) is 12.1 Å². The second-order valence-corrected chi connectivity index (χ2v) is 4.34. The number of nitrogens with zero attached hydrogens (tertiary/aromatic N) is 2. The van der Waals surface area contributed by atoms with E-state index in [0.717, 1.165) is 12.1 Å². The van der Waals surface area contributed by atoms with Crippen LogP contribution in [0.3, 0.4) is 0 Å². The number of benzene rings is 2. The molecule has 0 fully saturated rings. The number of nitro benzene ring substituents is 2. The number of hydrogen-bond donors (Lipinski definition) is 2. The van der Waals surface area contributed by atoms with Gasteiger partial charge in [-0.05, 0) is 24.3 Å². The van der Waals surface area contributed by atoms with Gasteiger partial charge in [0.15, 0.2) is 5.69 Å². The highest BCUT2D eigenvalue weighted by molar-refractivity contribution is 5.93. The van der Waals surface area contributed by atoms with E-state index in [2.05, 4.69) is 5.32 Å². The molecule has 0 bridgehead atoms. The molecule has 0 aliphatic carbocycles. The van der Waals surface area contributed by atoms with Crippen molar-refractivity contribution in [3.8, 4) is 0 Å². The third-order valence-corrected chi connectivity index (χ3v) is 2.85. The van der Waals surface area contributed by atoms with E-state index in [-0.39, 0.29) is 5.69 Å². The number of carboxylic acids is 1. The molecule has 23 heavy (non-hydrogen) atoms. The lowest BCUT2D eigenvalue weighted by molar-refractivity contribution is -0.392. The zero-order valence-corrected chi connectivity index (χ0v) is 11.2. The summed E-state index contributed by atoms with van der Waals surface area (Å²) < 4.78 is 12.9. The molecule has 0 amide bonds. The highest BCUT2D eigenvalue weighted by atomic mass is 19.1. The second kappa shape index (κ2) is 6.05. The summed E-state index contributed by atoms with van der Waals surface area (Å²) in [6, 6.07) is 6.00. The Bertz CT molecular complexity index is 771. The van der Waals surface area contributed by atoms with E-state index in [0.29, 0.717) is 12.1 Å². The van der Waals surface area contributed by atoms with Gasteiger partial charge in [0.05, 0.1) is 15.4 Å². The Morgan fingerprint density at radius 2 is 1.52 bits per heavy atom. The third-order valence-electron chi connectivity index (χ3n) is 2.85. The lowest BCUT2D eigenvalue weighted by Gasteiger charge is -2.08. The van der Waals surface area contributed by atoms with Gasteiger partial charge in [-0.25, -0.2) is 9.18 Å². The molecule has 0 aliphatic rings. The van der Waals surface area contributed by atoms with Crippen molar-refractivity contribution in [3.63, 3.8) is 0 Å². The highest BCUT2D eigenvalue weighted by Crippen LogP contribution is 2.37. The number of carbonyl (C=O) groups is 1. The van der Waals surface area contributed by atoms with E-state index in [1.54, 1.807) is 0 Å². The van der Waals surface area contributed by atoms with Crippen LogP contribution in [0.2, 0.25) is 0 Å². The highest BCUT2D eigenvalue weighted by Gasteiger charge is 2.28. The third kappa shape index (κ3) is 3.37. The fourth-order valence-corrected chi connectivity index (χ4v) is 1.83. The smallest absolute Gasteiger partial charge is 0.336 e. The summed E-state index contributed by atoms with van der Waals surface area (Å²) in [5, 5.41) is 33.6. The molecule has 0 aromatic heterocycles. The van der Waals surface area contributed by atoms with Crippen molar-refractivity contribution >= 4 is 28.7 Å². The summed E-state index contributed by atoms with van der Waals surface area (Å²) >= 11 is 0. The number of nitrogens with one attached hydrogen (secondary N) is 1. The topological polar surface area (TPSA) is 136 Å². The Balaban J connectivity index is 2.63. The van der Waals surface area contributed by atoms with Gasteiger partial charge >= 0.3 is 17.3 Å². The molecule has 0 atom stereocenters. The van der Waals surface area contributed by atoms with E-state index in [4.69, 9.17) is 5.11 Å². The van der Waals surface area contributed by atoms with Crippen LogP contribution in [0.15, 0.2) is 36.4 Å². The first-order valence-electron chi connectivity index (χ1n) is 6.02. The molecule has 0 heterocycles. The maximum Gasteiger partial charge on any atom is 0.336 e. The molecule has 0 saturated heterocycles. The molecule has 10 heteroatoms. The minimum absolute atomic E-state index is 0.167. The molecule has 0 spiro atoms. The van der Waals surface area contributed by atoms with Crippen LogP contribution in [0.1, 0.15) is 10.4 Å². The van der Waals surface area contributed by atoms with Crippen LogP contribution in [0.5, 0.6) is 0 Å². The molecule has 2 rings (SSSR count). The van der Waals surface area contributed by atoms with Gasteiger partial charge in [0, 0.05) is 17.8 Å². The number of halogens is 1. The molecule has 0 aliphatic heterocycles. The monoisotopic (exact) mass is 321 g/mol. The van der Waals surface area contributed by atoms with Gasteiger partial charge < -0.3 is 10.4 Å². The number of carboxylic acid groups (broad SMARTS) is 1. The van der Waals surface area contributed by atoms with Gasteiger partial charge in [0.1, 0.15) is 5.82 Å². The normalized spacial score (nSPS) is 10.1. The second-order valence-electron chi connectivity index (χ2n) is 4.34. The number of hydrogen-bond acceptors (Lipinski definition) is 6. The maximum absolute atomic E-state index is 12.9. The molecule has 2 aromatic carbocycles. The fourth-order valence-electron chi connectivity index (χ4n) is 1.83. The predicted octanol–water partition coefficient (Wildman–Crippen LogP) is 3.08. The Labute approximate surface area is 127 Å². The van der Waals surface area contributed by atoms with Crippen LogP contribution in [0.25, 0.3) is 0 Å². The van der Waals surface area contributed by atoms with Crippen LogP contribution in [0.4, 0.5) is 27.1 Å². The zero-order chi connectivity index (χ0) is 17.1. The molecule has 9 nitrogen and oxygen atoms in total. The van der Waals surface area contributed by atoms with Crippen molar-refractivity contribution in [1.82, 2.24) is 0 Å². The number of anilines is 2. The van der Waals surface area contributed by atoms with Gasteiger partial charge in [-0.3, -0.25) is 20.2 Å². The number of rotatable bonds is 5. The standard InChI is InChI=1S/C13H8FN3O6/c14-8-1-3-9(4-2-8)15-12-10(16(20)21)5-7(13(18)19)6-11(12)17(22)23/h1-6,15H,(H,18,19). The van der Waals surface area contributed by atoms with Crippen molar-refractivity contribution in [2.24, 2.45) is 0 Å². The minimum atomic E-state index is -1.54. The van der Waals surface area contributed by atoms with Gasteiger partial charge in [-0.15, -0.1) is 0 Å². The van der Waals surface area contributed by atoms with Crippen molar-refractivity contribution in [3.05, 3.63) is 68.0 Å². The van der Waals surface area contributed by atoms with Crippen LogP contribution in [0, 0.1) is 26.0 Å². The van der Waals surface area contributed by atoms with Crippen molar-refractivity contribution in [2.45, 2.75) is 0 Å². The summed E-state index contributed by atoms with van der Waals surface area (Å²) in [6.45, 7) is 0. The molecule has 0 saturated carbocycles. The Kier molecular flexibility index (Phi) is 4.16. The van der Waals surface area contributed by atoms with Crippen LogP contribution in [-0.2, 0) is 0 Å². The van der Waals surface area contributed by atoms with Crippen LogP contribution in [-0.4, -0.2) is 20.9 Å². The largest absolute Gasteiger partial charge is 0.478 e. The lowest BCUT2D eigenvalue weighted by atomic mass is 10.1. The zero-order valence-electron chi connectivity index (χ0n) is 11.2. The molecule has 0 radical (unpaired) electrons.